The van der Waals surface area contributed by atoms with E-state index in [4.69, 9.17) is 4.74 Å². The lowest BCUT2D eigenvalue weighted by atomic mass is 10.1. The van der Waals surface area contributed by atoms with Gasteiger partial charge in [0.2, 0.25) is 5.91 Å². The van der Waals surface area contributed by atoms with Gasteiger partial charge in [-0.15, -0.1) is 0 Å². The maximum absolute atomic E-state index is 12.5. The topological polar surface area (TPSA) is 90.3 Å². The van der Waals surface area contributed by atoms with Crippen molar-refractivity contribution in [3.05, 3.63) is 58.7 Å². The Bertz CT molecular complexity index is 1140. The number of amides is 1. The quantitative estimate of drug-likeness (QED) is 0.548. The van der Waals surface area contributed by atoms with Gasteiger partial charge >= 0.3 is 0 Å². The molecule has 0 unspecified atom stereocenters. The Balaban J connectivity index is 1.54. The minimum atomic E-state index is -0.0447. The van der Waals surface area contributed by atoms with E-state index in [1.807, 2.05) is 42.5 Å². The molecule has 1 saturated heterocycles. The molecule has 1 aliphatic rings. The number of anilines is 3. The predicted molar refractivity (Wildman–Crippen MR) is 124 cm³/mol. The number of halogens is 1. The summed E-state index contributed by atoms with van der Waals surface area (Å²) in [5.41, 5.74) is 2.03. The molecule has 4 rings (SSSR count). The summed E-state index contributed by atoms with van der Waals surface area (Å²) in [6, 6.07) is 15.5. The molecule has 1 amide bonds. The van der Waals surface area contributed by atoms with Crippen molar-refractivity contribution in [2.75, 3.05) is 43.5 Å². The first-order chi connectivity index (χ1) is 15.1. The van der Waals surface area contributed by atoms with Crippen LogP contribution in [0.4, 0.5) is 17.2 Å². The van der Waals surface area contributed by atoms with Gasteiger partial charge in [0.1, 0.15) is 11.9 Å². The van der Waals surface area contributed by atoms with Crippen LogP contribution in [0, 0.1) is 11.3 Å². The second-order valence-electron chi connectivity index (χ2n) is 7.28. The van der Waals surface area contributed by atoms with Crippen molar-refractivity contribution in [2.45, 2.75) is 6.42 Å². The van der Waals surface area contributed by atoms with E-state index in [1.54, 1.807) is 6.20 Å². The number of morpholine rings is 1. The molecule has 1 fully saturated rings. The molecular weight excluding hydrogens is 458 g/mol. The van der Waals surface area contributed by atoms with Crippen LogP contribution < -0.4 is 10.6 Å². The Morgan fingerprint density at radius 1 is 1.16 bits per heavy atom. The fourth-order valence-electron chi connectivity index (χ4n) is 3.52. The van der Waals surface area contributed by atoms with Crippen LogP contribution in [0.1, 0.15) is 12.0 Å². The number of hydrogen-bond donors (Lipinski definition) is 2. The molecular formula is C23H22BrN5O2. The Morgan fingerprint density at radius 2 is 2.00 bits per heavy atom. The van der Waals surface area contributed by atoms with E-state index < -0.39 is 0 Å². The SMILES string of the molecule is N#Cc1cnc(Nc2cccc(Br)c2)c2cc(NC(=O)CCN3CCOCC3)ccc12. The highest BCUT2D eigenvalue weighted by molar-refractivity contribution is 9.10. The van der Waals surface area contributed by atoms with Gasteiger partial charge in [-0.05, 0) is 30.3 Å². The number of nitrogens with zero attached hydrogens (tertiary/aromatic N) is 3. The third-order valence-electron chi connectivity index (χ3n) is 5.14. The molecule has 0 saturated carbocycles. The van der Waals surface area contributed by atoms with E-state index in [2.05, 4.69) is 42.5 Å². The standard InChI is InChI=1S/C23H22BrN5O2/c24-17-2-1-3-18(12-17)28-23-21-13-19(4-5-20(21)16(14-25)15-26-23)27-22(30)6-7-29-8-10-31-11-9-29/h1-5,12-13,15H,6-11H2,(H,26,28)(H,27,30). The van der Waals surface area contributed by atoms with E-state index in [0.717, 1.165) is 34.0 Å². The Labute approximate surface area is 189 Å². The van der Waals surface area contributed by atoms with Crippen LogP contribution in [-0.4, -0.2) is 48.6 Å². The number of rotatable bonds is 6. The highest BCUT2D eigenvalue weighted by atomic mass is 79.9. The third-order valence-corrected chi connectivity index (χ3v) is 5.63. The van der Waals surface area contributed by atoms with Crippen LogP contribution in [0.2, 0.25) is 0 Å². The largest absolute Gasteiger partial charge is 0.379 e. The van der Waals surface area contributed by atoms with Gasteiger partial charge in [-0.2, -0.15) is 5.26 Å². The number of nitriles is 1. The van der Waals surface area contributed by atoms with E-state index in [1.165, 1.54) is 0 Å². The maximum atomic E-state index is 12.5. The van der Waals surface area contributed by atoms with Crippen LogP contribution in [0.5, 0.6) is 0 Å². The molecule has 158 valence electrons. The van der Waals surface area contributed by atoms with Crippen LogP contribution in [0.3, 0.4) is 0 Å². The molecule has 0 radical (unpaired) electrons. The average Bonchev–Trinajstić information content (AvgIpc) is 2.79. The number of carbonyl (C=O) groups is 1. The molecule has 1 aromatic heterocycles. The summed E-state index contributed by atoms with van der Waals surface area (Å²) in [5.74, 6) is 0.577. The lowest BCUT2D eigenvalue weighted by Gasteiger charge is -2.26. The Hall–Kier alpha value is -2.99. The van der Waals surface area contributed by atoms with Gasteiger partial charge in [0.05, 0.1) is 18.8 Å². The predicted octanol–water partition coefficient (Wildman–Crippen LogP) is 4.27. The number of fused-ring (bicyclic) bond motifs is 1. The molecule has 2 heterocycles. The van der Waals surface area contributed by atoms with Gasteiger partial charge in [0.25, 0.3) is 0 Å². The smallest absolute Gasteiger partial charge is 0.225 e. The molecule has 8 heteroatoms. The van der Waals surface area contributed by atoms with Crippen molar-refractivity contribution >= 4 is 49.8 Å². The summed E-state index contributed by atoms with van der Waals surface area (Å²) in [5, 5.41) is 17.3. The molecule has 0 spiro atoms. The number of benzene rings is 2. The Morgan fingerprint density at radius 3 is 2.77 bits per heavy atom. The lowest BCUT2D eigenvalue weighted by molar-refractivity contribution is -0.116. The van der Waals surface area contributed by atoms with E-state index >= 15 is 0 Å². The van der Waals surface area contributed by atoms with E-state index in [-0.39, 0.29) is 5.91 Å². The number of hydrogen-bond acceptors (Lipinski definition) is 6. The number of nitrogens with one attached hydrogen (secondary N) is 2. The normalized spacial score (nSPS) is 14.2. The molecule has 2 N–H and O–H groups in total. The molecule has 0 atom stereocenters. The summed E-state index contributed by atoms with van der Waals surface area (Å²) in [4.78, 5) is 19.1. The van der Waals surface area contributed by atoms with Gasteiger partial charge < -0.3 is 15.4 Å². The average molecular weight is 480 g/mol. The second kappa shape index (κ2) is 9.88. The first kappa shape index (κ1) is 21.2. The minimum absolute atomic E-state index is 0.0447. The molecule has 3 aromatic rings. The lowest BCUT2D eigenvalue weighted by Crippen LogP contribution is -2.38. The molecule has 31 heavy (non-hydrogen) atoms. The number of ether oxygens (including phenoxy) is 1. The maximum Gasteiger partial charge on any atom is 0.225 e. The number of pyridine rings is 1. The van der Waals surface area contributed by atoms with Gasteiger partial charge in [0.15, 0.2) is 0 Å². The zero-order valence-corrected chi connectivity index (χ0v) is 18.5. The number of aromatic nitrogens is 1. The summed E-state index contributed by atoms with van der Waals surface area (Å²) in [6.07, 6.45) is 1.97. The van der Waals surface area contributed by atoms with Gasteiger partial charge in [-0.3, -0.25) is 9.69 Å². The second-order valence-corrected chi connectivity index (χ2v) is 8.20. The summed E-state index contributed by atoms with van der Waals surface area (Å²) < 4.78 is 6.29. The van der Waals surface area contributed by atoms with Crippen molar-refractivity contribution in [2.24, 2.45) is 0 Å². The Kier molecular flexibility index (Phi) is 6.77. The van der Waals surface area contributed by atoms with Crippen LogP contribution in [-0.2, 0) is 9.53 Å². The highest BCUT2D eigenvalue weighted by Crippen LogP contribution is 2.30. The fourth-order valence-corrected chi connectivity index (χ4v) is 3.92. The first-order valence-corrected chi connectivity index (χ1v) is 10.9. The minimum Gasteiger partial charge on any atom is -0.379 e. The molecule has 0 aliphatic carbocycles. The highest BCUT2D eigenvalue weighted by Gasteiger charge is 2.13. The van der Waals surface area contributed by atoms with Crippen molar-refractivity contribution in [1.29, 1.82) is 5.26 Å². The van der Waals surface area contributed by atoms with Crippen LogP contribution in [0.25, 0.3) is 10.8 Å². The zero-order chi connectivity index (χ0) is 21.6. The van der Waals surface area contributed by atoms with E-state index in [9.17, 15) is 10.1 Å². The molecule has 7 nitrogen and oxygen atoms in total. The van der Waals surface area contributed by atoms with Gasteiger partial charge in [-0.25, -0.2) is 4.98 Å². The van der Waals surface area contributed by atoms with Crippen LogP contribution in [0.15, 0.2) is 53.1 Å². The fraction of sp³-hybridized carbons (Fsp3) is 0.261. The number of carbonyl (C=O) groups excluding carboxylic acids is 1. The van der Waals surface area contributed by atoms with Gasteiger partial charge in [-0.1, -0.05) is 28.1 Å². The monoisotopic (exact) mass is 479 g/mol. The zero-order valence-electron chi connectivity index (χ0n) is 16.9. The van der Waals surface area contributed by atoms with Crippen molar-refractivity contribution < 1.29 is 9.53 Å². The van der Waals surface area contributed by atoms with Crippen molar-refractivity contribution in [1.82, 2.24) is 9.88 Å². The third kappa shape index (κ3) is 5.39. The summed E-state index contributed by atoms with van der Waals surface area (Å²) in [7, 11) is 0. The first-order valence-electron chi connectivity index (χ1n) is 10.1. The molecule has 1 aliphatic heterocycles. The van der Waals surface area contributed by atoms with Crippen LogP contribution >= 0.6 is 15.9 Å². The van der Waals surface area contributed by atoms with E-state index in [0.29, 0.717) is 43.2 Å². The van der Waals surface area contributed by atoms with Crippen molar-refractivity contribution in [3.63, 3.8) is 0 Å². The molecule has 2 aromatic carbocycles. The van der Waals surface area contributed by atoms with Gasteiger partial charge in [0, 0.05) is 58.9 Å². The van der Waals surface area contributed by atoms with Crippen molar-refractivity contribution in [3.8, 4) is 6.07 Å². The summed E-state index contributed by atoms with van der Waals surface area (Å²) in [6.45, 7) is 3.86. The molecule has 0 bridgehead atoms. The summed E-state index contributed by atoms with van der Waals surface area (Å²) >= 11 is 3.47.